The first-order valence-electron chi connectivity index (χ1n) is 8.28. The van der Waals surface area contributed by atoms with E-state index in [4.69, 9.17) is 5.26 Å². The van der Waals surface area contributed by atoms with E-state index in [-0.39, 0.29) is 0 Å². The lowest BCUT2D eigenvalue weighted by Gasteiger charge is -2.34. The van der Waals surface area contributed by atoms with Crippen molar-refractivity contribution in [1.29, 1.82) is 5.26 Å². The molecule has 1 fully saturated rings. The molecule has 1 N–H and O–H groups in total. The van der Waals surface area contributed by atoms with E-state index < -0.39 is 0 Å². The van der Waals surface area contributed by atoms with Gasteiger partial charge in [0.1, 0.15) is 5.82 Å². The van der Waals surface area contributed by atoms with Crippen LogP contribution in [0, 0.1) is 18.3 Å². The SMILES string of the molecule is CCN1CCN(c2cc(C)nc(Nc3cccc(C#N)c3)n2)CC1. The van der Waals surface area contributed by atoms with Crippen LogP contribution in [0.2, 0.25) is 0 Å². The summed E-state index contributed by atoms with van der Waals surface area (Å²) in [6.45, 7) is 9.35. The van der Waals surface area contributed by atoms with Crippen LogP contribution in [0.25, 0.3) is 0 Å². The van der Waals surface area contributed by atoms with Gasteiger partial charge in [-0.05, 0) is 31.7 Å². The molecule has 2 heterocycles. The molecule has 0 radical (unpaired) electrons. The van der Waals surface area contributed by atoms with Crippen LogP contribution in [-0.2, 0) is 0 Å². The first kappa shape index (κ1) is 16.2. The monoisotopic (exact) mass is 322 g/mol. The Morgan fingerprint density at radius 3 is 2.67 bits per heavy atom. The number of nitrogens with one attached hydrogen (secondary N) is 1. The molecule has 6 nitrogen and oxygen atoms in total. The van der Waals surface area contributed by atoms with Gasteiger partial charge in [-0.25, -0.2) is 4.98 Å². The number of rotatable bonds is 4. The second-order valence-electron chi connectivity index (χ2n) is 5.93. The van der Waals surface area contributed by atoms with Crippen molar-refractivity contribution < 1.29 is 0 Å². The summed E-state index contributed by atoms with van der Waals surface area (Å²) in [5.41, 5.74) is 2.36. The number of nitriles is 1. The standard InChI is InChI=1S/C18H22N6/c1-3-23-7-9-24(10-8-23)17-11-14(2)20-18(22-17)21-16-6-4-5-15(12-16)13-19/h4-6,11-12H,3,7-10H2,1-2H3,(H,20,21,22). The van der Waals surface area contributed by atoms with E-state index in [1.54, 1.807) is 12.1 Å². The predicted molar refractivity (Wildman–Crippen MR) is 95.5 cm³/mol. The van der Waals surface area contributed by atoms with Crippen molar-refractivity contribution in [1.82, 2.24) is 14.9 Å². The van der Waals surface area contributed by atoms with Gasteiger partial charge in [0.15, 0.2) is 0 Å². The number of aromatic nitrogens is 2. The molecule has 0 spiro atoms. The smallest absolute Gasteiger partial charge is 0.229 e. The molecule has 1 aromatic heterocycles. The number of aryl methyl sites for hydroxylation is 1. The lowest BCUT2D eigenvalue weighted by molar-refractivity contribution is 0.270. The summed E-state index contributed by atoms with van der Waals surface area (Å²) in [4.78, 5) is 13.9. The van der Waals surface area contributed by atoms with Gasteiger partial charge in [-0.2, -0.15) is 10.2 Å². The van der Waals surface area contributed by atoms with Crippen molar-refractivity contribution >= 4 is 17.5 Å². The molecular weight excluding hydrogens is 300 g/mol. The maximum atomic E-state index is 9.01. The Balaban J connectivity index is 1.78. The molecule has 6 heteroatoms. The summed E-state index contributed by atoms with van der Waals surface area (Å²) >= 11 is 0. The van der Waals surface area contributed by atoms with Gasteiger partial charge in [-0.1, -0.05) is 13.0 Å². The highest BCUT2D eigenvalue weighted by Crippen LogP contribution is 2.20. The largest absolute Gasteiger partial charge is 0.354 e. The van der Waals surface area contributed by atoms with Crippen molar-refractivity contribution in [2.45, 2.75) is 13.8 Å². The number of hydrogen-bond acceptors (Lipinski definition) is 6. The molecule has 124 valence electrons. The maximum Gasteiger partial charge on any atom is 0.229 e. The molecule has 1 aliphatic rings. The highest BCUT2D eigenvalue weighted by Gasteiger charge is 2.17. The van der Waals surface area contributed by atoms with Crippen LogP contribution in [0.15, 0.2) is 30.3 Å². The normalized spacial score (nSPS) is 15.1. The van der Waals surface area contributed by atoms with Gasteiger partial charge >= 0.3 is 0 Å². The second kappa shape index (κ2) is 7.28. The second-order valence-corrected chi connectivity index (χ2v) is 5.93. The number of piperazine rings is 1. The van der Waals surface area contributed by atoms with Crippen LogP contribution in [0.3, 0.4) is 0 Å². The van der Waals surface area contributed by atoms with Crippen molar-refractivity contribution in [3.05, 3.63) is 41.6 Å². The van der Waals surface area contributed by atoms with Gasteiger partial charge in [0.2, 0.25) is 5.95 Å². The molecule has 0 atom stereocenters. The highest BCUT2D eigenvalue weighted by molar-refractivity contribution is 5.58. The van der Waals surface area contributed by atoms with Crippen molar-refractivity contribution in [3.8, 4) is 6.07 Å². The average molecular weight is 322 g/mol. The van der Waals surface area contributed by atoms with Crippen LogP contribution in [0.5, 0.6) is 0 Å². The van der Waals surface area contributed by atoms with E-state index in [9.17, 15) is 0 Å². The fraction of sp³-hybridized carbons (Fsp3) is 0.389. The van der Waals surface area contributed by atoms with Crippen LogP contribution >= 0.6 is 0 Å². The Morgan fingerprint density at radius 1 is 1.17 bits per heavy atom. The fourth-order valence-electron chi connectivity index (χ4n) is 2.86. The van der Waals surface area contributed by atoms with E-state index in [0.717, 1.165) is 49.9 Å². The summed E-state index contributed by atoms with van der Waals surface area (Å²) < 4.78 is 0. The zero-order valence-corrected chi connectivity index (χ0v) is 14.2. The molecule has 0 saturated carbocycles. The molecule has 0 unspecified atom stereocenters. The molecule has 3 rings (SSSR count). The van der Waals surface area contributed by atoms with E-state index >= 15 is 0 Å². The van der Waals surface area contributed by atoms with Crippen molar-refractivity contribution in [2.24, 2.45) is 0 Å². The predicted octanol–water partition coefficient (Wildman–Crippen LogP) is 2.54. The average Bonchev–Trinajstić information content (AvgIpc) is 2.61. The first-order chi connectivity index (χ1) is 11.7. The minimum atomic E-state index is 0.568. The third-order valence-electron chi connectivity index (χ3n) is 4.23. The van der Waals surface area contributed by atoms with Crippen LogP contribution in [-0.4, -0.2) is 47.6 Å². The number of benzene rings is 1. The summed E-state index contributed by atoms with van der Waals surface area (Å²) in [7, 11) is 0. The molecule has 1 aromatic carbocycles. The Kier molecular flexibility index (Phi) is 4.92. The Labute approximate surface area is 142 Å². The van der Waals surface area contributed by atoms with E-state index in [2.05, 4.69) is 38.1 Å². The summed E-state index contributed by atoms with van der Waals surface area (Å²) in [6, 6.07) is 11.5. The first-order valence-corrected chi connectivity index (χ1v) is 8.28. The molecule has 24 heavy (non-hydrogen) atoms. The van der Waals surface area contributed by atoms with E-state index in [1.807, 2.05) is 25.1 Å². The minimum Gasteiger partial charge on any atom is -0.354 e. The van der Waals surface area contributed by atoms with E-state index in [1.165, 1.54) is 0 Å². The number of nitrogens with zero attached hydrogens (tertiary/aromatic N) is 5. The van der Waals surface area contributed by atoms with Gasteiger partial charge in [-0.3, -0.25) is 0 Å². The van der Waals surface area contributed by atoms with Gasteiger partial charge in [0.05, 0.1) is 11.6 Å². The van der Waals surface area contributed by atoms with Gasteiger partial charge in [0, 0.05) is 43.6 Å². The zero-order valence-electron chi connectivity index (χ0n) is 14.2. The van der Waals surface area contributed by atoms with Crippen LogP contribution < -0.4 is 10.2 Å². The third-order valence-corrected chi connectivity index (χ3v) is 4.23. The van der Waals surface area contributed by atoms with Gasteiger partial charge < -0.3 is 15.1 Å². The molecule has 2 aromatic rings. The van der Waals surface area contributed by atoms with Crippen LogP contribution in [0.4, 0.5) is 17.5 Å². The summed E-state index contributed by atoms with van der Waals surface area (Å²) in [5.74, 6) is 1.52. The topological polar surface area (TPSA) is 68.1 Å². The lowest BCUT2D eigenvalue weighted by Crippen LogP contribution is -2.46. The third kappa shape index (κ3) is 3.81. The quantitative estimate of drug-likeness (QED) is 0.933. The molecule has 0 amide bonds. The Morgan fingerprint density at radius 2 is 1.96 bits per heavy atom. The molecular formula is C18H22N6. The van der Waals surface area contributed by atoms with Gasteiger partial charge in [-0.15, -0.1) is 0 Å². The molecule has 0 aliphatic carbocycles. The van der Waals surface area contributed by atoms with Crippen molar-refractivity contribution in [3.63, 3.8) is 0 Å². The highest BCUT2D eigenvalue weighted by atomic mass is 15.3. The van der Waals surface area contributed by atoms with Gasteiger partial charge in [0.25, 0.3) is 0 Å². The number of anilines is 3. The molecule has 1 aliphatic heterocycles. The summed E-state index contributed by atoms with van der Waals surface area (Å²) in [6.07, 6.45) is 0. The summed E-state index contributed by atoms with van der Waals surface area (Å²) in [5, 5.41) is 12.2. The Hall–Kier alpha value is -2.65. The number of hydrogen-bond donors (Lipinski definition) is 1. The zero-order chi connectivity index (χ0) is 16.9. The molecule has 1 saturated heterocycles. The van der Waals surface area contributed by atoms with Crippen LogP contribution in [0.1, 0.15) is 18.2 Å². The number of likely N-dealkylation sites (N-methyl/N-ethyl adjacent to an activating group) is 1. The fourth-order valence-corrected chi connectivity index (χ4v) is 2.86. The Bertz CT molecular complexity index is 743. The maximum absolute atomic E-state index is 9.01. The van der Waals surface area contributed by atoms with Crippen molar-refractivity contribution in [2.75, 3.05) is 42.9 Å². The lowest BCUT2D eigenvalue weighted by atomic mass is 10.2. The minimum absolute atomic E-state index is 0.568. The van der Waals surface area contributed by atoms with E-state index in [0.29, 0.717) is 11.5 Å². The molecule has 0 bridgehead atoms.